The molecule has 1 heterocycles. The van der Waals surface area contributed by atoms with Gasteiger partial charge < -0.3 is 4.90 Å². The van der Waals surface area contributed by atoms with Crippen molar-refractivity contribution >= 4 is 0 Å². The molecule has 2 rings (SSSR count). The normalized spacial score (nSPS) is 23.4. The van der Waals surface area contributed by atoms with E-state index in [1.165, 1.54) is 52.2 Å². The van der Waals surface area contributed by atoms with Gasteiger partial charge in [0.25, 0.3) is 0 Å². The first-order chi connectivity index (χ1) is 10.6. The quantitative estimate of drug-likeness (QED) is 0.773. The third-order valence-electron chi connectivity index (χ3n) is 5.15. The molecular formula is C19H35N3. The van der Waals surface area contributed by atoms with Gasteiger partial charge in [0, 0.05) is 51.4 Å². The molecule has 0 bridgehead atoms. The highest BCUT2D eigenvalue weighted by Gasteiger charge is 2.19. The van der Waals surface area contributed by atoms with Crippen molar-refractivity contribution in [2.45, 2.75) is 46.2 Å². The third kappa shape index (κ3) is 5.53. The predicted molar refractivity (Wildman–Crippen MR) is 96.2 cm³/mol. The third-order valence-corrected chi connectivity index (χ3v) is 5.15. The van der Waals surface area contributed by atoms with Crippen LogP contribution in [0.25, 0.3) is 0 Å². The number of allylic oxidation sites excluding steroid dienone is 4. The molecule has 0 aromatic carbocycles. The summed E-state index contributed by atoms with van der Waals surface area (Å²) in [6.45, 7) is 17.8. The smallest absolute Gasteiger partial charge is 0.0113 e. The second kappa shape index (κ2) is 8.85. The maximum absolute atomic E-state index is 2.68. The molecule has 0 amide bonds. The lowest BCUT2D eigenvalue weighted by Crippen LogP contribution is -2.41. The Hall–Kier alpha value is -0.640. The average Bonchev–Trinajstić information content (AvgIpc) is 3.00. The zero-order valence-corrected chi connectivity index (χ0v) is 15.0. The van der Waals surface area contributed by atoms with Crippen LogP contribution < -0.4 is 0 Å². The molecule has 0 aromatic heterocycles. The summed E-state index contributed by atoms with van der Waals surface area (Å²) in [5.74, 6) is 0.662. The number of rotatable bonds is 5. The Balaban J connectivity index is 1.90. The number of hydrogen-bond donors (Lipinski definition) is 0. The lowest BCUT2D eigenvalue weighted by Gasteiger charge is -2.30. The van der Waals surface area contributed by atoms with E-state index in [2.05, 4.69) is 66.7 Å². The van der Waals surface area contributed by atoms with E-state index in [1.54, 1.807) is 0 Å². The molecule has 0 saturated carbocycles. The van der Waals surface area contributed by atoms with E-state index >= 15 is 0 Å². The highest BCUT2D eigenvalue weighted by Crippen LogP contribution is 2.14. The predicted octanol–water partition coefficient (Wildman–Crippen LogP) is 2.86. The van der Waals surface area contributed by atoms with Crippen LogP contribution in [0.15, 0.2) is 24.3 Å². The van der Waals surface area contributed by atoms with E-state index in [1.807, 2.05) is 0 Å². The fourth-order valence-corrected chi connectivity index (χ4v) is 3.39. The van der Waals surface area contributed by atoms with Crippen molar-refractivity contribution in [3.63, 3.8) is 0 Å². The summed E-state index contributed by atoms with van der Waals surface area (Å²) in [6.07, 6.45) is 10.3. The molecule has 0 radical (unpaired) electrons. The summed E-state index contributed by atoms with van der Waals surface area (Å²) in [5, 5.41) is 0. The maximum Gasteiger partial charge on any atom is 0.0113 e. The lowest BCUT2D eigenvalue weighted by atomic mass is 10.1. The van der Waals surface area contributed by atoms with E-state index in [0.717, 1.165) is 0 Å². The van der Waals surface area contributed by atoms with Gasteiger partial charge in [-0.25, -0.2) is 0 Å². The van der Waals surface area contributed by atoms with Crippen molar-refractivity contribution in [1.29, 1.82) is 0 Å². The summed E-state index contributed by atoms with van der Waals surface area (Å²) >= 11 is 0. The highest BCUT2D eigenvalue weighted by molar-refractivity contribution is 5.17. The SMILES string of the molecule is CC(C)N1CCN(CCC2C=CC=C2)CCN(C(C)C)CC1. The van der Waals surface area contributed by atoms with Gasteiger partial charge in [-0.3, -0.25) is 9.80 Å². The zero-order valence-electron chi connectivity index (χ0n) is 15.0. The lowest BCUT2D eigenvalue weighted by molar-refractivity contribution is 0.169. The summed E-state index contributed by atoms with van der Waals surface area (Å²) in [4.78, 5) is 7.96. The largest absolute Gasteiger partial charge is 0.301 e. The number of hydrogen-bond acceptors (Lipinski definition) is 3. The van der Waals surface area contributed by atoms with Gasteiger partial charge in [-0.1, -0.05) is 24.3 Å². The molecule has 126 valence electrons. The zero-order chi connectivity index (χ0) is 15.9. The molecule has 0 atom stereocenters. The van der Waals surface area contributed by atoms with Crippen molar-refractivity contribution in [3.05, 3.63) is 24.3 Å². The van der Waals surface area contributed by atoms with Crippen molar-refractivity contribution < 1.29 is 0 Å². The summed E-state index contributed by atoms with van der Waals surface area (Å²) < 4.78 is 0. The van der Waals surface area contributed by atoms with Gasteiger partial charge in [-0.15, -0.1) is 0 Å². The second-order valence-electron chi connectivity index (χ2n) is 7.32. The molecule has 2 aliphatic rings. The van der Waals surface area contributed by atoms with Crippen LogP contribution in [0.1, 0.15) is 34.1 Å². The minimum absolute atomic E-state index is 0.648. The molecule has 3 heteroatoms. The molecule has 1 aliphatic carbocycles. The average molecular weight is 306 g/mol. The molecule has 22 heavy (non-hydrogen) atoms. The van der Waals surface area contributed by atoms with Crippen LogP contribution in [-0.2, 0) is 0 Å². The van der Waals surface area contributed by atoms with Crippen molar-refractivity contribution in [3.8, 4) is 0 Å². The van der Waals surface area contributed by atoms with Crippen molar-refractivity contribution in [2.24, 2.45) is 5.92 Å². The van der Waals surface area contributed by atoms with Gasteiger partial charge >= 0.3 is 0 Å². The monoisotopic (exact) mass is 305 g/mol. The molecule has 1 aliphatic heterocycles. The van der Waals surface area contributed by atoms with E-state index in [0.29, 0.717) is 18.0 Å². The fourth-order valence-electron chi connectivity index (χ4n) is 3.39. The summed E-state index contributed by atoms with van der Waals surface area (Å²) in [5.41, 5.74) is 0. The Morgan fingerprint density at radius 1 is 0.773 bits per heavy atom. The Morgan fingerprint density at radius 2 is 1.23 bits per heavy atom. The van der Waals surface area contributed by atoms with Gasteiger partial charge in [-0.05, 0) is 46.6 Å². The molecule has 1 saturated heterocycles. The van der Waals surface area contributed by atoms with Crippen LogP contribution in [0.2, 0.25) is 0 Å². The van der Waals surface area contributed by atoms with Gasteiger partial charge in [0.05, 0.1) is 0 Å². The topological polar surface area (TPSA) is 9.72 Å². The first-order valence-corrected chi connectivity index (χ1v) is 9.11. The maximum atomic E-state index is 2.68. The molecule has 1 fully saturated rings. The van der Waals surface area contributed by atoms with Crippen molar-refractivity contribution in [2.75, 3.05) is 45.8 Å². The first-order valence-electron chi connectivity index (χ1n) is 9.11. The molecule has 0 unspecified atom stereocenters. The molecule has 0 N–H and O–H groups in total. The van der Waals surface area contributed by atoms with Crippen LogP contribution in [0.4, 0.5) is 0 Å². The molecule has 0 aromatic rings. The standard InChI is InChI=1S/C19H35N3/c1-17(2)21-13-11-20(10-9-19-7-5-6-8-19)12-14-22(16-15-21)18(3)4/h5-8,17-19H,9-16H2,1-4H3. The molecule has 3 nitrogen and oxygen atoms in total. The highest BCUT2D eigenvalue weighted by atomic mass is 15.3. The van der Waals surface area contributed by atoms with Gasteiger partial charge in [0.15, 0.2) is 0 Å². The minimum Gasteiger partial charge on any atom is -0.301 e. The van der Waals surface area contributed by atoms with Gasteiger partial charge in [0.1, 0.15) is 0 Å². The van der Waals surface area contributed by atoms with E-state index in [4.69, 9.17) is 0 Å². The minimum atomic E-state index is 0.648. The van der Waals surface area contributed by atoms with E-state index in [9.17, 15) is 0 Å². The molecule has 0 spiro atoms. The van der Waals surface area contributed by atoms with Crippen LogP contribution in [0, 0.1) is 5.92 Å². The first kappa shape index (κ1) is 17.7. The molecular weight excluding hydrogens is 270 g/mol. The van der Waals surface area contributed by atoms with Crippen LogP contribution in [0.5, 0.6) is 0 Å². The van der Waals surface area contributed by atoms with E-state index < -0.39 is 0 Å². The second-order valence-corrected chi connectivity index (χ2v) is 7.32. The fraction of sp³-hybridized carbons (Fsp3) is 0.789. The van der Waals surface area contributed by atoms with Crippen molar-refractivity contribution in [1.82, 2.24) is 14.7 Å². The summed E-state index contributed by atoms with van der Waals surface area (Å²) in [7, 11) is 0. The summed E-state index contributed by atoms with van der Waals surface area (Å²) in [6, 6.07) is 1.30. The van der Waals surface area contributed by atoms with Gasteiger partial charge in [0.2, 0.25) is 0 Å². The van der Waals surface area contributed by atoms with Gasteiger partial charge in [-0.2, -0.15) is 0 Å². The Kier molecular flexibility index (Phi) is 7.13. The Bertz CT molecular complexity index is 341. The number of nitrogens with zero attached hydrogens (tertiary/aromatic N) is 3. The van der Waals surface area contributed by atoms with Crippen LogP contribution in [0.3, 0.4) is 0 Å². The van der Waals surface area contributed by atoms with E-state index in [-0.39, 0.29) is 0 Å². The van der Waals surface area contributed by atoms with Crippen LogP contribution in [-0.4, -0.2) is 72.6 Å². The Morgan fingerprint density at radius 3 is 1.68 bits per heavy atom. The van der Waals surface area contributed by atoms with Crippen LogP contribution >= 0.6 is 0 Å². The Labute approximate surface area is 137 Å².